The molecule has 2 heterocycles. The fourth-order valence-electron chi connectivity index (χ4n) is 1.99. The first kappa shape index (κ1) is 14.0. The van der Waals surface area contributed by atoms with E-state index in [0.717, 1.165) is 19.4 Å². The number of esters is 1. The average molecular weight is 269 g/mol. The van der Waals surface area contributed by atoms with Gasteiger partial charge in [0, 0.05) is 13.7 Å². The molecule has 7 nitrogen and oxygen atoms in total. The summed E-state index contributed by atoms with van der Waals surface area (Å²) >= 11 is 0. The van der Waals surface area contributed by atoms with Crippen LogP contribution in [-0.4, -0.2) is 54.0 Å². The fourth-order valence-corrected chi connectivity index (χ4v) is 1.99. The highest BCUT2D eigenvalue weighted by Crippen LogP contribution is 2.15. The maximum absolute atomic E-state index is 11.8. The first-order valence-electron chi connectivity index (χ1n) is 6.40. The summed E-state index contributed by atoms with van der Waals surface area (Å²) < 4.78 is 17.1. The van der Waals surface area contributed by atoms with Gasteiger partial charge in [0.2, 0.25) is 0 Å². The lowest BCUT2D eigenvalue weighted by atomic mass is 10.2. The van der Waals surface area contributed by atoms with E-state index in [1.807, 2.05) is 6.92 Å². The molecule has 0 aliphatic carbocycles. The molecule has 7 heteroatoms. The Bertz CT molecular complexity index is 427. The van der Waals surface area contributed by atoms with Gasteiger partial charge in [-0.1, -0.05) is 5.21 Å². The maximum atomic E-state index is 11.8. The van der Waals surface area contributed by atoms with Crippen molar-refractivity contribution in [1.82, 2.24) is 15.0 Å². The highest BCUT2D eigenvalue weighted by Gasteiger charge is 2.21. The second-order valence-electron chi connectivity index (χ2n) is 4.47. The van der Waals surface area contributed by atoms with Crippen LogP contribution >= 0.6 is 0 Å². The number of hydrogen-bond donors (Lipinski definition) is 0. The van der Waals surface area contributed by atoms with Gasteiger partial charge in [0.05, 0.1) is 24.9 Å². The smallest absolute Gasteiger partial charge is 0.360 e. The zero-order chi connectivity index (χ0) is 13.7. The Morgan fingerprint density at radius 1 is 1.53 bits per heavy atom. The Morgan fingerprint density at radius 2 is 2.37 bits per heavy atom. The van der Waals surface area contributed by atoms with Crippen molar-refractivity contribution in [3.8, 4) is 0 Å². The van der Waals surface area contributed by atoms with Crippen LogP contribution in [0.25, 0.3) is 0 Å². The Morgan fingerprint density at radius 3 is 3.05 bits per heavy atom. The molecular weight excluding hydrogens is 250 g/mol. The summed E-state index contributed by atoms with van der Waals surface area (Å²) in [6.07, 6.45) is 2.26. The van der Waals surface area contributed by atoms with Crippen LogP contribution in [-0.2, 0) is 20.8 Å². The molecule has 0 radical (unpaired) electrons. The lowest BCUT2D eigenvalue weighted by molar-refractivity contribution is 0.0380. The van der Waals surface area contributed by atoms with E-state index < -0.39 is 5.97 Å². The lowest BCUT2D eigenvalue weighted by Crippen LogP contribution is -2.17. The molecule has 1 atom stereocenters. The van der Waals surface area contributed by atoms with Crippen molar-refractivity contribution in [2.24, 2.45) is 0 Å². The maximum Gasteiger partial charge on any atom is 0.360 e. The molecule has 0 aromatic carbocycles. The third-order valence-electron chi connectivity index (χ3n) is 3.10. The Balaban J connectivity index is 1.94. The number of aromatic nitrogens is 3. The van der Waals surface area contributed by atoms with Crippen molar-refractivity contribution in [3.05, 3.63) is 11.4 Å². The summed E-state index contributed by atoms with van der Waals surface area (Å²) in [4.78, 5) is 11.8. The van der Waals surface area contributed by atoms with Crippen LogP contribution in [0.2, 0.25) is 0 Å². The molecule has 2 rings (SSSR count). The number of nitrogens with zero attached hydrogens (tertiary/aromatic N) is 3. The summed E-state index contributed by atoms with van der Waals surface area (Å²) in [6, 6.07) is 0. The summed E-state index contributed by atoms with van der Waals surface area (Å²) in [5.41, 5.74) is 0.965. The molecule has 0 N–H and O–H groups in total. The molecule has 1 fully saturated rings. The van der Waals surface area contributed by atoms with Crippen LogP contribution in [0, 0.1) is 6.92 Å². The van der Waals surface area contributed by atoms with Crippen molar-refractivity contribution in [2.75, 3.05) is 26.9 Å². The Labute approximate surface area is 111 Å². The monoisotopic (exact) mass is 269 g/mol. The van der Waals surface area contributed by atoms with Gasteiger partial charge < -0.3 is 14.2 Å². The van der Waals surface area contributed by atoms with Crippen molar-refractivity contribution in [3.63, 3.8) is 0 Å². The lowest BCUT2D eigenvalue weighted by Gasteiger charge is -2.09. The molecule has 0 spiro atoms. The van der Waals surface area contributed by atoms with Crippen LogP contribution in [0.5, 0.6) is 0 Å². The molecule has 106 valence electrons. The van der Waals surface area contributed by atoms with Gasteiger partial charge in [-0.3, -0.25) is 0 Å². The topological polar surface area (TPSA) is 75.5 Å². The zero-order valence-corrected chi connectivity index (χ0v) is 11.3. The highest BCUT2D eigenvalue weighted by molar-refractivity contribution is 5.88. The first-order chi connectivity index (χ1) is 9.22. The third kappa shape index (κ3) is 3.51. The molecule has 1 aliphatic rings. The summed E-state index contributed by atoms with van der Waals surface area (Å²) in [5, 5.41) is 7.86. The third-order valence-corrected chi connectivity index (χ3v) is 3.10. The molecule has 1 saturated heterocycles. The molecule has 0 bridgehead atoms. The van der Waals surface area contributed by atoms with E-state index in [0.29, 0.717) is 18.8 Å². The SMILES string of the molecule is COCCOC(=O)c1nnn(CC2CCCO2)c1C. The predicted octanol–water partition coefficient (Wildman–Crippen LogP) is 0.569. The number of methoxy groups -OCH3 is 1. The molecule has 1 aromatic heterocycles. The van der Waals surface area contributed by atoms with Crippen molar-refractivity contribution >= 4 is 5.97 Å². The Hall–Kier alpha value is -1.47. The molecule has 1 aliphatic heterocycles. The van der Waals surface area contributed by atoms with Gasteiger partial charge in [0.15, 0.2) is 5.69 Å². The first-order valence-corrected chi connectivity index (χ1v) is 6.40. The minimum atomic E-state index is -0.465. The van der Waals surface area contributed by atoms with Gasteiger partial charge in [0.25, 0.3) is 0 Å². The van der Waals surface area contributed by atoms with Gasteiger partial charge in [-0.2, -0.15) is 0 Å². The standard InChI is InChI=1S/C12H19N3O4/c1-9-11(12(16)19-7-6-17-2)13-14-15(9)8-10-4-3-5-18-10/h10H,3-8H2,1-2H3. The van der Waals surface area contributed by atoms with E-state index in [2.05, 4.69) is 10.3 Å². The van der Waals surface area contributed by atoms with Crippen molar-refractivity contribution in [2.45, 2.75) is 32.4 Å². The van der Waals surface area contributed by atoms with Crippen molar-refractivity contribution in [1.29, 1.82) is 0 Å². The van der Waals surface area contributed by atoms with Crippen LogP contribution in [0.1, 0.15) is 29.0 Å². The van der Waals surface area contributed by atoms with Crippen LogP contribution in [0.4, 0.5) is 0 Å². The van der Waals surface area contributed by atoms with Crippen LogP contribution in [0.3, 0.4) is 0 Å². The van der Waals surface area contributed by atoms with E-state index in [-0.39, 0.29) is 18.4 Å². The summed E-state index contributed by atoms with van der Waals surface area (Å²) in [5.74, 6) is -0.465. The molecule has 19 heavy (non-hydrogen) atoms. The van der Waals surface area contributed by atoms with E-state index in [1.54, 1.807) is 11.8 Å². The minimum absolute atomic E-state index is 0.165. The number of hydrogen-bond acceptors (Lipinski definition) is 6. The molecular formula is C12H19N3O4. The number of ether oxygens (including phenoxy) is 3. The van der Waals surface area contributed by atoms with Gasteiger partial charge in [-0.05, 0) is 19.8 Å². The largest absolute Gasteiger partial charge is 0.458 e. The second kappa shape index (κ2) is 6.63. The van der Waals surface area contributed by atoms with E-state index >= 15 is 0 Å². The van der Waals surface area contributed by atoms with Gasteiger partial charge >= 0.3 is 5.97 Å². The molecule has 0 amide bonds. The van der Waals surface area contributed by atoms with Crippen molar-refractivity contribution < 1.29 is 19.0 Å². The van der Waals surface area contributed by atoms with E-state index in [1.165, 1.54) is 0 Å². The average Bonchev–Trinajstić information content (AvgIpc) is 3.02. The molecule has 0 saturated carbocycles. The number of carbonyl (C=O) groups is 1. The van der Waals surface area contributed by atoms with Gasteiger partial charge in [-0.25, -0.2) is 9.48 Å². The predicted molar refractivity (Wildman–Crippen MR) is 65.9 cm³/mol. The van der Waals surface area contributed by atoms with Gasteiger partial charge in [-0.15, -0.1) is 5.10 Å². The van der Waals surface area contributed by atoms with Crippen LogP contribution in [0.15, 0.2) is 0 Å². The fraction of sp³-hybridized carbons (Fsp3) is 0.750. The summed E-state index contributed by atoms with van der Waals surface area (Å²) in [7, 11) is 1.55. The summed E-state index contributed by atoms with van der Waals surface area (Å²) in [6.45, 7) is 3.82. The van der Waals surface area contributed by atoms with E-state index in [4.69, 9.17) is 14.2 Å². The minimum Gasteiger partial charge on any atom is -0.458 e. The second-order valence-corrected chi connectivity index (χ2v) is 4.47. The van der Waals surface area contributed by atoms with E-state index in [9.17, 15) is 4.79 Å². The van der Waals surface area contributed by atoms with Gasteiger partial charge in [0.1, 0.15) is 6.61 Å². The highest BCUT2D eigenvalue weighted by atomic mass is 16.6. The van der Waals surface area contributed by atoms with Crippen LogP contribution < -0.4 is 0 Å². The zero-order valence-electron chi connectivity index (χ0n) is 11.3. The Kier molecular flexibility index (Phi) is 4.86. The number of rotatable bonds is 6. The number of carbonyl (C=O) groups excluding carboxylic acids is 1. The molecule has 1 aromatic rings. The normalized spacial score (nSPS) is 18.7. The quantitative estimate of drug-likeness (QED) is 0.555. The molecule has 1 unspecified atom stereocenters.